The largest absolute Gasteiger partial charge is 0.381 e. The maximum atomic E-state index is 5.44. The van der Waals surface area contributed by atoms with Gasteiger partial charge in [-0.05, 0) is 6.92 Å². The second kappa shape index (κ2) is 2.93. The molecule has 0 radical (unpaired) electrons. The fourth-order valence-electron chi connectivity index (χ4n) is 1.19. The van der Waals surface area contributed by atoms with Crippen LogP contribution in [0.5, 0.6) is 0 Å². The van der Waals surface area contributed by atoms with Crippen molar-refractivity contribution in [2.45, 2.75) is 13.5 Å². The molecule has 2 aromatic heterocycles. The Morgan fingerprint density at radius 3 is 3.08 bits per heavy atom. The van der Waals surface area contributed by atoms with Crippen LogP contribution in [0.4, 0.5) is 5.82 Å². The molecule has 0 unspecified atom stereocenters. The fraction of sp³-hybridized carbons (Fsp3) is 0.250. The summed E-state index contributed by atoms with van der Waals surface area (Å²) in [5.41, 5.74) is 6.34. The second-order valence-electron chi connectivity index (χ2n) is 2.68. The molecule has 13 heavy (non-hydrogen) atoms. The van der Waals surface area contributed by atoms with E-state index in [0.717, 1.165) is 12.2 Å². The average molecular weight is 178 g/mol. The predicted molar refractivity (Wildman–Crippen MR) is 47.8 cm³/mol. The van der Waals surface area contributed by atoms with Gasteiger partial charge in [-0.15, -0.1) is 0 Å². The lowest BCUT2D eigenvalue weighted by Gasteiger charge is -1.99. The Kier molecular flexibility index (Phi) is 1.77. The molecule has 2 rings (SSSR count). The molecule has 0 amide bonds. The summed E-state index contributed by atoms with van der Waals surface area (Å²) in [5.74, 6) is 1.04. The number of hydrogen-bond donors (Lipinski definition) is 1. The van der Waals surface area contributed by atoms with Crippen molar-refractivity contribution < 1.29 is 4.52 Å². The molecule has 0 aromatic carbocycles. The van der Waals surface area contributed by atoms with E-state index in [-0.39, 0.29) is 0 Å². The molecule has 68 valence electrons. The summed E-state index contributed by atoms with van der Waals surface area (Å²) in [6, 6.07) is 1.68. The van der Waals surface area contributed by atoms with Gasteiger partial charge in [0.15, 0.2) is 11.6 Å². The van der Waals surface area contributed by atoms with Gasteiger partial charge in [0, 0.05) is 12.6 Å². The van der Waals surface area contributed by atoms with Gasteiger partial charge >= 0.3 is 0 Å². The van der Waals surface area contributed by atoms with Crippen LogP contribution in [-0.2, 0) is 6.54 Å². The van der Waals surface area contributed by atoms with E-state index in [9.17, 15) is 0 Å². The molecule has 2 heterocycles. The second-order valence-corrected chi connectivity index (χ2v) is 2.68. The molecule has 0 saturated heterocycles. The van der Waals surface area contributed by atoms with E-state index in [0.29, 0.717) is 11.6 Å². The number of nitrogens with zero attached hydrogens (tertiary/aromatic N) is 3. The minimum absolute atomic E-state index is 0.388. The van der Waals surface area contributed by atoms with Crippen molar-refractivity contribution in [3.8, 4) is 11.5 Å². The first-order valence-corrected chi connectivity index (χ1v) is 4.04. The molecule has 0 bridgehead atoms. The number of nitrogens with two attached hydrogens (primary N) is 1. The van der Waals surface area contributed by atoms with Crippen LogP contribution in [0.2, 0.25) is 0 Å². The lowest BCUT2D eigenvalue weighted by Crippen LogP contribution is -1.93. The fourth-order valence-corrected chi connectivity index (χ4v) is 1.19. The van der Waals surface area contributed by atoms with E-state index < -0.39 is 0 Å². The Bertz CT molecular complexity index is 404. The molecule has 5 nitrogen and oxygen atoms in total. The quantitative estimate of drug-likeness (QED) is 0.748. The van der Waals surface area contributed by atoms with Gasteiger partial charge in [0.25, 0.3) is 0 Å². The molecular weight excluding hydrogens is 168 g/mol. The van der Waals surface area contributed by atoms with Crippen molar-refractivity contribution in [1.29, 1.82) is 0 Å². The Hall–Kier alpha value is -1.78. The minimum atomic E-state index is 0.388. The standard InChI is InChI=1S/C8H10N4O/c1-2-12-5-10-4-6(12)7-3-8(9)11-13-7/h3-5H,2H2,1H3,(H2,9,11). The number of hydrogen-bond acceptors (Lipinski definition) is 4. The van der Waals surface area contributed by atoms with Gasteiger partial charge in [-0.3, -0.25) is 0 Å². The summed E-state index contributed by atoms with van der Waals surface area (Å²) in [6.07, 6.45) is 3.47. The van der Waals surface area contributed by atoms with Crippen LogP contribution in [0, 0.1) is 0 Å². The molecular formula is C8H10N4O. The van der Waals surface area contributed by atoms with Crippen LogP contribution in [0.3, 0.4) is 0 Å². The third-order valence-electron chi connectivity index (χ3n) is 1.83. The molecule has 0 spiro atoms. The normalized spacial score (nSPS) is 10.5. The van der Waals surface area contributed by atoms with Gasteiger partial charge in [0.05, 0.1) is 12.5 Å². The number of rotatable bonds is 2. The summed E-state index contributed by atoms with van der Waals surface area (Å²) in [4.78, 5) is 4.01. The average Bonchev–Trinajstić information content (AvgIpc) is 2.71. The van der Waals surface area contributed by atoms with E-state index in [1.807, 2.05) is 11.5 Å². The highest BCUT2D eigenvalue weighted by Gasteiger charge is 2.08. The highest BCUT2D eigenvalue weighted by atomic mass is 16.5. The lowest BCUT2D eigenvalue weighted by molar-refractivity contribution is 0.432. The van der Waals surface area contributed by atoms with Crippen molar-refractivity contribution in [2.75, 3.05) is 5.73 Å². The first kappa shape index (κ1) is 7.85. The first-order chi connectivity index (χ1) is 6.31. The van der Waals surface area contributed by atoms with Gasteiger partial charge < -0.3 is 14.8 Å². The topological polar surface area (TPSA) is 69.9 Å². The number of nitrogen functional groups attached to an aromatic ring is 1. The Morgan fingerprint density at radius 2 is 2.46 bits per heavy atom. The lowest BCUT2D eigenvalue weighted by atomic mass is 10.3. The molecule has 0 atom stereocenters. The Balaban J connectivity index is 2.45. The van der Waals surface area contributed by atoms with Gasteiger partial charge in [-0.1, -0.05) is 5.16 Å². The number of imidazole rings is 1. The summed E-state index contributed by atoms with van der Waals surface area (Å²) in [7, 11) is 0. The van der Waals surface area contributed by atoms with Crippen LogP contribution in [0.1, 0.15) is 6.92 Å². The van der Waals surface area contributed by atoms with E-state index in [1.165, 1.54) is 0 Å². The molecule has 0 aliphatic carbocycles. The third-order valence-corrected chi connectivity index (χ3v) is 1.83. The van der Waals surface area contributed by atoms with Crippen molar-refractivity contribution in [3.63, 3.8) is 0 Å². The predicted octanol–water partition coefficient (Wildman–Crippen LogP) is 1.14. The van der Waals surface area contributed by atoms with Crippen LogP contribution >= 0.6 is 0 Å². The highest BCUT2D eigenvalue weighted by Crippen LogP contribution is 2.20. The number of aryl methyl sites for hydroxylation is 1. The maximum Gasteiger partial charge on any atom is 0.187 e. The zero-order valence-electron chi connectivity index (χ0n) is 7.27. The number of anilines is 1. The zero-order chi connectivity index (χ0) is 9.26. The third kappa shape index (κ3) is 1.28. The van der Waals surface area contributed by atoms with Crippen molar-refractivity contribution in [2.24, 2.45) is 0 Å². The van der Waals surface area contributed by atoms with Crippen LogP contribution < -0.4 is 5.73 Å². The van der Waals surface area contributed by atoms with Gasteiger partial charge in [0.2, 0.25) is 0 Å². The van der Waals surface area contributed by atoms with Gasteiger partial charge in [-0.2, -0.15) is 0 Å². The molecule has 5 heteroatoms. The van der Waals surface area contributed by atoms with Gasteiger partial charge in [-0.25, -0.2) is 4.98 Å². The minimum Gasteiger partial charge on any atom is -0.381 e. The smallest absolute Gasteiger partial charge is 0.187 e. The zero-order valence-corrected chi connectivity index (χ0v) is 7.27. The molecule has 0 fully saturated rings. The summed E-state index contributed by atoms with van der Waals surface area (Å²) < 4.78 is 6.97. The maximum absolute atomic E-state index is 5.44. The monoisotopic (exact) mass is 178 g/mol. The number of aromatic nitrogens is 3. The van der Waals surface area contributed by atoms with Crippen LogP contribution in [-0.4, -0.2) is 14.7 Å². The molecule has 0 saturated carbocycles. The Labute approximate surface area is 75.2 Å². The van der Waals surface area contributed by atoms with Crippen molar-refractivity contribution >= 4 is 5.82 Å². The van der Waals surface area contributed by atoms with E-state index in [2.05, 4.69) is 10.1 Å². The summed E-state index contributed by atoms with van der Waals surface area (Å²) in [5, 5.41) is 3.61. The molecule has 2 N–H and O–H groups in total. The van der Waals surface area contributed by atoms with E-state index in [1.54, 1.807) is 18.6 Å². The Morgan fingerprint density at radius 1 is 1.62 bits per heavy atom. The van der Waals surface area contributed by atoms with E-state index >= 15 is 0 Å². The van der Waals surface area contributed by atoms with E-state index in [4.69, 9.17) is 10.3 Å². The first-order valence-electron chi connectivity index (χ1n) is 4.04. The van der Waals surface area contributed by atoms with Crippen molar-refractivity contribution in [1.82, 2.24) is 14.7 Å². The SMILES string of the molecule is CCn1cncc1-c1cc(N)no1. The molecule has 0 aliphatic heterocycles. The summed E-state index contributed by atoms with van der Waals surface area (Å²) in [6.45, 7) is 2.88. The van der Waals surface area contributed by atoms with Crippen molar-refractivity contribution in [3.05, 3.63) is 18.6 Å². The van der Waals surface area contributed by atoms with Crippen LogP contribution in [0.25, 0.3) is 11.5 Å². The summed E-state index contributed by atoms with van der Waals surface area (Å²) >= 11 is 0. The van der Waals surface area contributed by atoms with Crippen LogP contribution in [0.15, 0.2) is 23.1 Å². The molecule has 2 aromatic rings. The van der Waals surface area contributed by atoms with Gasteiger partial charge in [0.1, 0.15) is 5.69 Å². The highest BCUT2D eigenvalue weighted by molar-refractivity contribution is 5.55. The molecule has 0 aliphatic rings.